The molecule has 0 aliphatic heterocycles. The van der Waals surface area contributed by atoms with Crippen LogP contribution in [0.5, 0.6) is 0 Å². The van der Waals surface area contributed by atoms with Gasteiger partial charge >= 0.3 is 0 Å². The molecule has 0 saturated heterocycles. The maximum Gasteiger partial charge on any atom is 0.0446 e. The van der Waals surface area contributed by atoms with E-state index >= 15 is 0 Å². The molecule has 2 heterocycles. The minimum Gasteiger partial charge on any atom is -0.304 e. The second-order valence-electron chi connectivity index (χ2n) is 5.43. The Balaban J connectivity index is 1.68. The van der Waals surface area contributed by atoms with E-state index in [1.54, 1.807) is 0 Å². The molecule has 1 nitrogen and oxygen atoms in total. The van der Waals surface area contributed by atoms with E-state index in [1.807, 2.05) is 22.7 Å². The van der Waals surface area contributed by atoms with Gasteiger partial charge < -0.3 is 5.32 Å². The molecule has 102 valence electrons. The van der Waals surface area contributed by atoms with Crippen LogP contribution in [0.2, 0.25) is 0 Å². The molecule has 2 aromatic heterocycles. The third-order valence-corrected chi connectivity index (χ3v) is 5.97. The van der Waals surface area contributed by atoms with E-state index in [1.165, 1.54) is 40.3 Å². The summed E-state index contributed by atoms with van der Waals surface area (Å²) in [6.07, 6.45) is 5.59. The van der Waals surface area contributed by atoms with Crippen LogP contribution >= 0.6 is 22.7 Å². The summed E-state index contributed by atoms with van der Waals surface area (Å²) in [5, 5.41) is 6.02. The summed E-state index contributed by atoms with van der Waals surface area (Å²) in [6.45, 7) is 3.19. The van der Waals surface area contributed by atoms with Crippen LogP contribution in [0.1, 0.15) is 46.4 Å². The van der Waals surface area contributed by atoms with Gasteiger partial charge in [-0.1, -0.05) is 18.9 Å². The van der Waals surface area contributed by atoms with Crippen molar-refractivity contribution in [3.63, 3.8) is 0 Å². The average Bonchev–Trinajstić information content (AvgIpc) is 3.11. The normalized spacial score (nSPS) is 17.9. The monoisotopic (exact) mass is 291 g/mol. The maximum atomic E-state index is 3.81. The second-order valence-corrected chi connectivity index (χ2v) is 7.78. The van der Waals surface area contributed by atoms with Gasteiger partial charge in [-0.25, -0.2) is 0 Å². The first-order chi connectivity index (χ1) is 9.33. The summed E-state index contributed by atoms with van der Waals surface area (Å²) in [4.78, 5) is 4.38. The molecule has 1 atom stereocenters. The highest BCUT2D eigenvalue weighted by atomic mass is 32.1. The van der Waals surface area contributed by atoms with Gasteiger partial charge in [-0.05, 0) is 49.3 Å². The number of aryl methyl sites for hydroxylation is 1. The lowest BCUT2D eigenvalue weighted by atomic mass is 9.96. The van der Waals surface area contributed by atoms with Crippen molar-refractivity contribution in [2.45, 2.75) is 45.2 Å². The van der Waals surface area contributed by atoms with Crippen LogP contribution in [0.25, 0.3) is 0 Å². The van der Waals surface area contributed by atoms with E-state index in [0.29, 0.717) is 6.04 Å². The molecule has 1 fully saturated rings. The van der Waals surface area contributed by atoms with Crippen molar-refractivity contribution in [2.75, 3.05) is 0 Å². The van der Waals surface area contributed by atoms with Crippen molar-refractivity contribution in [3.05, 3.63) is 44.3 Å². The topological polar surface area (TPSA) is 12.0 Å². The van der Waals surface area contributed by atoms with Crippen molar-refractivity contribution in [1.82, 2.24) is 5.32 Å². The quantitative estimate of drug-likeness (QED) is 0.804. The first-order valence-electron chi connectivity index (χ1n) is 7.15. The molecule has 1 aliphatic rings. The fourth-order valence-electron chi connectivity index (χ4n) is 3.05. The van der Waals surface area contributed by atoms with Gasteiger partial charge in [-0.15, -0.1) is 22.7 Å². The van der Waals surface area contributed by atoms with Crippen LogP contribution < -0.4 is 5.32 Å². The molecule has 1 N–H and O–H groups in total. The smallest absolute Gasteiger partial charge is 0.0446 e. The van der Waals surface area contributed by atoms with Gasteiger partial charge in [0.25, 0.3) is 0 Å². The number of thiophene rings is 2. The van der Waals surface area contributed by atoms with Crippen LogP contribution in [0, 0.1) is 12.8 Å². The fraction of sp³-hybridized carbons (Fsp3) is 0.500. The summed E-state index contributed by atoms with van der Waals surface area (Å²) < 4.78 is 0. The number of hydrogen-bond donors (Lipinski definition) is 1. The van der Waals surface area contributed by atoms with Gasteiger partial charge in [0.15, 0.2) is 0 Å². The minimum atomic E-state index is 0.560. The Kier molecular flexibility index (Phi) is 4.36. The summed E-state index contributed by atoms with van der Waals surface area (Å²) in [7, 11) is 0. The molecule has 0 amide bonds. The van der Waals surface area contributed by atoms with Crippen LogP contribution in [-0.2, 0) is 6.54 Å². The molecule has 19 heavy (non-hydrogen) atoms. The molecular weight excluding hydrogens is 270 g/mol. The molecular formula is C16H21NS2. The average molecular weight is 291 g/mol. The molecule has 2 aromatic rings. The third kappa shape index (κ3) is 3.28. The Hall–Kier alpha value is -0.640. The lowest BCUT2D eigenvalue weighted by Gasteiger charge is -2.23. The Morgan fingerprint density at radius 3 is 2.74 bits per heavy atom. The lowest BCUT2D eigenvalue weighted by Crippen LogP contribution is -2.25. The Morgan fingerprint density at radius 1 is 1.26 bits per heavy atom. The van der Waals surface area contributed by atoms with E-state index < -0.39 is 0 Å². The molecule has 0 bridgehead atoms. The van der Waals surface area contributed by atoms with Crippen molar-refractivity contribution in [1.29, 1.82) is 0 Å². The molecule has 1 aliphatic carbocycles. The largest absolute Gasteiger partial charge is 0.304 e. The minimum absolute atomic E-state index is 0.560. The van der Waals surface area contributed by atoms with Crippen molar-refractivity contribution in [2.24, 2.45) is 5.92 Å². The summed E-state index contributed by atoms with van der Waals surface area (Å²) in [5.41, 5.74) is 0. The van der Waals surface area contributed by atoms with E-state index in [2.05, 4.69) is 41.9 Å². The van der Waals surface area contributed by atoms with Crippen LogP contribution in [0.15, 0.2) is 29.6 Å². The standard InChI is InChI=1S/C16H21NS2/c1-12-8-9-14(19-12)11-17-16(13-5-2-3-6-13)15-7-4-10-18-15/h4,7-10,13,16-17H,2-3,5-6,11H2,1H3. The number of nitrogens with one attached hydrogen (secondary N) is 1. The summed E-state index contributed by atoms with van der Waals surface area (Å²) in [5.74, 6) is 0.833. The fourth-order valence-corrected chi connectivity index (χ4v) is 4.78. The van der Waals surface area contributed by atoms with E-state index in [0.717, 1.165) is 12.5 Å². The molecule has 3 heteroatoms. The van der Waals surface area contributed by atoms with Crippen molar-refractivity contribution in [3.8, 4) is 0 Å². The van der Waals surface area contributed by atoms with E-state index in [9.17, 15) is 0 Å². The van der Waals surface area contributed by atoms with Crippen molar-refractivity contribution >= 4 is 22.7 Å². The van der Waals surface area contributed by atoms with E-state index in [-0.39, 0.29) is 0 Å². The van der Waals surface area contributed by atoms with Gasteiger partial charge in [0.2, 0.25) is 0 Å². The Labute approximate surface area is 123 Å². The Morgan fingerprint density at radius 2 is 2.11 bits per heavy atom. The summed E-state index contributed by atoms with van der Waals surface area (Å²) in [6, 6.07) is 9.51. The first kappa shape index (κ1) is 13.3. The molecule has 0 aromatic carbocycles. The van der Waals surface area contributed by atoms with Gasteiger partial charge in [0.05, 0.1) is 0 Å². The van der Waals surface area contributed by atoms with Gasteiger partial charge in [-0.3, -0.25) is 0 Å². The zero-order valence-electron chi connectivity index (χ0n) is 11.4. The molecule has 1 saturated carbocycles. The zero-order valence-corrected chi connectivity index (χ0v) is 13.0. The SMILES string of the molecule is Cc1ccc(CNC(c2cccs2)C2CCCC2)s1. The van der Waals surface area contributed by atoms with Gasteiger partial charge in [-0.2, -0.15) is 0 Å². The lowest BCUT2D eigenvalue weighted by molar-refractivity contribution is 0.372. The first-order valence-corrected chi connectivity index (χ1v) is 8.84. The molecule has 1 unspecified atom stereocenters. The van der Waals surface area contributed by atoms with Crippen LogP contribution in [-0.4, -0.2) is 0 Å². The third-order valence-electron chi connectivity index (χ3n) is 4.01. The van der Waals surface area contributed by atoms with Crippen molar-refractivity contribution < 1.29 is 0 Å². The molecule has 3 rings (SSSR count). The van der Waals surface area contributed by atoms with E-state index in [4.69, 9.17) is 0 Å². The van der Waals surface area contributed by atoms with Crippen LogP contribution in [0.4, 0.5) is 0 Å². The second kappa shape index (κ2) is 6.21. The number of rotatable bonds is 5. The zero-order chi connectivity index (χ0) is 13.1. The highest BCUT2D eigenvalue weighted by Gasteiger charge is 2.26. The molecule has 0 spiro atoms. The molecule has 0 radical (unpaired) electrons. The predicted molar refractivity (Wildman–Crippen MR) is 84.9 cm³/mol. The highest BCUT2D eigenvalue weighted by Crippen LogP contribution is 2.37. The highest BCUT2D eigenvalue weighted by molar-refractivity contribution is 7.11. The maximum absolute atomic E-state index is 3.81. The summed E-state index contributed by atoms with van der Waals surface area (Å²) >= 11 is 3.81. The van der Waals surface area contributed by atoms with Crippen LogP contribution in [0.3, 0.4) is 0 Å². The Bertz CT molecular complexity index is 495. The number of hydrogen-bond acceptors (Lipinski definition) is 3. The van der Waals surface area contributed by atoms with Gasteiger partial charge in [0, 0.05) is 27.2 Å². The predicted octanol–water partition coefficient (Wildman–Crippen LogP) is 5.14. The van der Waals surface area contributed by atoms with Gasteiger partial charge in [0.1, 0.15) is 0 Å².